The smallest absolute Gasteiger partial charge is 0.0374 e. The number of hydrogen-bond acceptors (Lipinski definition) is 1. The second-order valence-electron chi connectivity index (χ2n) is 4.48. The van der Waals surface area contributed by atoms with Crippen LogP contribution in [0.5, 0.6) is 0 Å². The molecule has 0 fully saturated rings. The van der Waals surface area contributed by atoms with Gasteiger partial charge in [0.15, 0.2) is 0 Å². The van der Waals surface area contributed by atoms with E-state index in [1.807, 2.05) is 0 Å². The molecule has 0 saturated heterocycles. The Kier molecular flexibility index (Phi) is 4.34. The van der Waals surface area contributed by atoms with Crippen LogP contribution in [-0.4, -0.2) is 5.54 Å². The fourth-order valence-electron chi connectivity index (χ4n) is 2.33. The number of nitrogens with two attached hydrogens (primary N) is 1. The first kappa shape index (κ1) is 12.3. The molecule has 15 heavy (non-hydrogen) atoms. The van der Waals surface area contributed by atoms with Crippen LogP contribution < -0.4 is 5.73 Å². The molecule has 0 amide bonds. The van der Waals surface area contributed by atoms with Crippen molar-refractivity contribution in [3.05, 3.63) is 36.5 Å². The topological polar surface area (TPSA) is 26.0 Å². The Bertz CT molecular complexity index is 255. The highest BCUT2D eigenvalue weighted by Gasteiger charge is 2.29. The molecule has 0 aromatic heterocycles. The lowest BCUT2D eigenvalue weighted by Gasteiger charge is -2.33. The minimum atomic E-state index is -0.173. The summed E-state index contributed by atoms with van der Waals surface area (Å²) in [5, 5.41) is 0. The first-order chi connectivity index (χ1) is 7.14. The van der Waals surface area contributed by atoms with E-state index in [-0.39, 0.29) is 5.54 Å². The van der Waals surface area contributed by atoms with E-state index in [0.29, 0.717) is 5.92 Å². The summed E-state index contributed by atoms with van der Waals surface area (Å²) in [5.74, 6) is 0.355. The van der Waals surface area contributed by atoms with Crippen LogP contribution in [0.25, 0.3) is 0 Å². The van der Waals surface area contributed by atoms with Crippen LogP contribution in [0, 0.1) is 5.92 Å². The zero-order valence-corrected chi connectivity index (χ0v) is 10.00. The average molecular weight is 205 g/mol. The third-order valence-corrected chi connectivity index (χ3v) is 3.18. The van der Waals surface area contributed by atoms with E-state index in [1.165, 1.54) is 5.57 Å². The molecule has 0 aromatic rings. The molecule has 0 unspecified atom stereocenters. The molecule has 1 rings (SSSR count). The second kappa shape index (κ2) is 5.32. The van der Waals surface area contributed by atoms with Crippen LogP contribution in [0.2, 0.25) is 0 Å². The van der Waals surface area contributed by atoms with Gasteiger partial charge < -0.3 is 5.73 Å². The molecule has 1 nitrogen and oxygen atoms in total. The predicted octanol–water partition coefficient (Wildman–Crippen LogP) is 3.58. The van der Waals surface area contributed by atoms with Gasteiger partial charge in [-0.2, -0.15) is 0 Å². The highest BCUT2D eigenvalue weighted by atomic mass is 14.7. The summed E-state index contributed by atoms with van der Waals surface area (Å²) >= 11 is 0. The average Bonchev–Trinajstić information content (AvgIpc) is 2.70. The lowest BCUT2D eigenvalue weighted by molar-refractivity contribution is 0.401. The van der Waals surface area contributed by atoms with Crippen LogP contribution in [0.15, 0.2) is 36.5 Å². The molecule has 0 heterocycles. The van der Waals surface area contributed by atoms with Crippen molar-refractivity contribution >= 4 is 0 Å². The van der Waals surface area contributed by atoms with Crippen molar-refractivity contribution in [2.24, 2.45) is 11.7 Å². The molecule has 1 heteroatoms. The summed E-state index contributed by atoms with van der Waals surface area (Å²) < 4.78 is 0. The maximum absolute atomic E-state index is 6.48. The molecule has 0 aromatic carbocycles. The second-order valence-corrected chi connectivity index (χ2v) is 4.48. The Morgan fingerprint density at radius 3 is 2.07 bits per heavy atom. The quantitative estimate of drug-likeness (QED) is 0.659. The summed E-state index contributed by atoms with van der Waals surface area (Å²) in [6.07, 6.45) is 12.8. The highest BCUT2D eigenvalue weighted by molar-refractivity contribution is 5.33. The summed E-state index contributed by atoms with van der Waals surface area (Å²) in [6, 6.07) is 0. The van der Waals surface area contributed by atoms with Gasteiger partial charge in [-0.15, -0.1) is 0 Å². The van der Waals surface area contributed by atoms with E-state index in [9.17, 15) is 0 Å². The lowest BCUT2D eigenvalue weighted by Crippen LogP contribution is -2.43. The van der Waals surface area contributed by atoms with Crippen LogP contribution in [0.3, 0.4) is 0 Å². The fourth-order valence-corrected chi connectivity index (χ4v) is 2.33. The van der Waals surface area contributed by atoms with Crippen molar-refractivity contribution in [1.29, 1.82) is 0 Å². The monoisotopic (exact) mass is 205 g/mol. The van der Waals surface area contributed by atoms with E-state index >= 15 is 0 Å². The summed E-state index contributed by atoms with van der Waals surface area (Å²) in [7, 11) is 0. The van der Waals surface area contributed by atoms with Gasteiger partial charge in [0, 0.05) is 11.5 Å². The molecular weight excluding hydrogens is 182 g/mol. The van der Waals surface area contributed by atoms with Crippen LogP contribution in [0.1, 0.15) is 39.5 Å². The highest BCUT2D eigenvalue weighted by Crippen LogP contribution is 2.32. The van der Waals surface area contributed by atoms with Gasteiger partial charge in [0.1, 0.15) is 0 Å². The van der Waals surface area contributed by atoms with Crippen molar-refractivity contribution in [2.75, 3.05) is 0 Å². The molecule has 2 N–H and O–H groups in total. The largest absolute Gasteiger partial charge is 0.322 e. The molecule has 0 bridgehead atoms. The zero-order chi connectivity index (χ0) is 11.3. The SMILES string of the molecule is C=C(C1C=CC=C1)C(N)(CCC)CCC. The molecule has 0 saturated carbocycles. The van der Waals surface area contributed by atoms with E-state index < -0.39 is 0 Å². The van der Waals surface area contributed by atoms with Crippen molar-refractivity contribution in [1.82, 2.24) is 0 Å². The molecule has 1 aliphatic carbocycles. The molecule has 0 radical (unpaired) electrons. The molecule has 0 atom stereocenters. The van der Waals surface area contributed by atoms with Crippen LogP contribution in [0.4, 0.5) is 0 Å². The van der Waals surface area contributed by atoms with Crippen LogP contribution >= 0.6 is 0 Å². The van der Waals surface area contributed by atoms with Gasteiger partial charge in [-0.3, -0.25) is 0 Å². The maximum Gasteiger partial charge on any atom is 0.0374 e. The number of hydrogen-bond donors (Lipinski definition) is 1. The van der Waals surface area contributed by atoms with Gasteiger partial charge in [0.2, 0.25) is 0 Å². The Balaban J connectivity index is 2.74. The minimum absolute atomic E-state index is 0.173. The molecule has 0 spiro atoms. The third kappa shape index (κ3) is 2.82. The van der Waals surface area contributed by atoms with E-state index in [1.54, 1.807) is 0 Å². The van der Waals surface area contributed by atoms with Gasteiger partial charge >= 0.3 is 0 Å². The summed E-state index contributed by atoms with van der Waals surface area (Å²) in [5.41, 5.74) is 7.48. The standard InChI is InChI=1S/C14H23N/c1-4-10-14(15,11-5-2)12(3)13-8-6-7-9-13/h6-9,13H,3-5,10-11,15H2,1-2H3. The zero-order valence-electron chi connectivity index (χ0n) is 10.00. The van der Waals surface area contributed by atoms with E-state index in [2.05, 4.69) is 44.7 Å². The van der Waals surface area contributed by atoms with Crippen molar-refractivity contribution in [3.8, 4) is 0 Å². The Morgan fingerprint density at radius 2 is 1.67 bits per heavy atom. The van der Waals surface area contributed by atoms with E-state index in [4.69, 9.17) is 5.73 Å². The van der Waals surface area contributed by atoms with Gasteiger partial charge in [0.25, 0.3) is 0 Å². The van der Waals surface area contributed by atoms with Crippen LogP contribution in [-0.2, 0) is 0 Å². The predicted molar refractivity (Wildman–Crippen MR) is 67.6 cm³/mol. The van der Waals surface area contributed by atoms with Crippen molar-refractivity contribution in [2.45, 2.75) is 45.1 Å². The van der Waals surface area contributed by atoms with Gasteiger partial charge in [-0.25, -0.2) is 0 Å². The molecule has 84 valence electrons. The Hall–Kier alpha value is -0.820. The number of allylic oxidation sites excluding steroid dienone is 4. The van der Waals surface area contributed by atoms with E-state index in [0.717, 1.165) is 25.7 Å². The van der Waals surface area contributed by atoms with Crippen molar-refractivity contribution < 1.29 is 0 Å². The van der Waals surface area contributed by atoms with Crippen molar-refractivity contribution in [3.63, 3.8) is 0 Å². The summed E-state index contributed by atoms with van der Waals surface area (Å²) in [6.45, 7) is 8.59. The number of rotatable bonds is 6. The van der Waals surface area contributed by atoms with Gasteiger partial charge in [0.05, 0.1) is 0 Å². The third-order valence-electron chi connectivity index (χ3n) is 3.18. The molecule has 0 aliphatic heterocycles. The lowest BCUT2D eigenvalue weighted by atomic mass is 9.77. The van der Waals surface area contributed by atoms with Gasteiger partial charge in [-0.1, -0.05) is 57.6 Å². The molecule has 1 aliphatic rings. The first-order valence-electron chi connectivity index (χ1n) is 5.97. The Morgan fingerprint density at radius 1 is 1.20 bits per heavy atom. The molecular formula is C14H23N. The maximum atomic E-state index is 6.48. The van der Waals surface area contributed by atoms with Gasteiger partial charge in [-0.05, 0) is 18.4 Å². The minimum Gasteiger partial charge on any atom is -0.322 e. The fraction of sp³-hybridized carbons (Fsp3) is 0.571. The Labute approximate surface area is 93.7 Å². The first-order valence-corrected chi connectivity index (χ1v) is 5.97. The summed E-state index contributed by atoms with van der Waals surface area (Å²) in [4.78, 5) is 0. The normalized spacial score (nSPS) is 16.2.